The van der Waals surface area contributed by atoms with Gasteiger partial charge in [-0.05, 0) is 54.4 Å². The van der Waals surface area contributed by atoms with Crippen LogP contribution in [0, 0.1) is 6.92 Å². The summed E-state index contributed by atoms with van der Waals surface area (Å²) in [5, 5.41) is 10.2. The Morgan fingerprint density at radius 3 is 2.71 bits per heavy atom. The van der Waals surface area contributed by atoms with Crippen molar-refractivity contribution >= 4 is 0 Å². The predicted octanol–water partition coefficient (Wildman–Crippen LogP) is 4.62. The number of ether oxygens (including phenoxy) is 2. The lowest BCUT2D eigenvalue weighted by molar-refractivity contribution is 0.0787. The Morgan fingerprint density at radius 1 is 1.18 bits per heavy atom. The van der Waals surface area contributed by atoms with Crippen LogP contribution < -0.4 is 9.47 Å². The molecule has 0 saturated heterocycles. The van der Waals surface area contributed by atoms with Crippen LogP contribution in [0.15, 0.2) is 48.6 Å². The van der Waals surface area contributed by atoms with E-state index in [4.69, 9.17) is 9.47 Å². The van der Waals surface area contributed by atoms with E-state index in [0.717, 1.165) is 30.8 Å². The van der Waals surface area contributed by atoms with Crippen molar-refractivity contribution in [2.75, 3.05) is 7.11 Å². The van der Waals surface area contributed by atoms with Gasteiger partial charge in [-0.1, -0.05) is 49.4 Å². The molecule has 3 nitrogen and oxygen atoms in total. The van der Waals surface area contributed by atoms with E-state index in [9.17, 15) is 5.11 Å². The molecule has 0 fully saturated rings. The topological polar surface area (TPSA) is 38.7 Å². The molecule has 3 unspecified atom stereocenters. The van der Waals surface area contributed by atoms with Gasteiger partial charge in [0.25, 0.3) is 0 Å². The molecular formula is C25H28O3. The summed E-state index contributed by atoms with van der Waals surface area (Å²) in [7, 11) is 1.71. The Bertz CT molecular complexity index is 948. The van der Waals surface area contributed by atoms with Crippen LogP contribution in [0.5, 0.6) is 11.5 Å². The SMILES string of the molecule is COc1cc(C)c2c3c1OC1C[C@H](O)C=CC31CCC2(C)Cc1ccccc1. The van der Waals surface area contributed by atoms with Crippen molar-refractivity contribution in [2.24, 2.45) is 0 Å². The van der Waals surface area contributed by atoms with Crippen molar-refractivity contribution in [1.29, 1.82) is 0 Å². The fraction of sp³-hybridized carbons (Fsp3) is 0.440. The lowest BCUT2D eigenvalue weighted by Gasteiger charge is -2.46. The second-order valence-corrected chi connectivity index (χ2v) is 9.01. The van der Waals surface area contributed by atoms with Gasteiger partial charge in [0.2, 0.25) is 0 Å². The lowest BCUT2D eigenvalue weighted by atomic mass is 9.56. The molecule has 0 bridgehead atoms. The van der Waals surface area contributed by atoms with Crippen LogP contribution in [0.2, 0.25) is 0 Å². The number of hydrogen-bond acceptors (Lipinski definition) is 3. The van der Waals surface area contributed by atoms with Crippen LogP contribution in [0.4, 0.5) is 0 Å². The summed E-state index contributed by atoms with van der Waals surface area (Å²) in [5.74, 6) is 1.71. The van der Waals surface area contributed by atoms with E-state index >= 15 is 0 Å². The normalized spacial score (nSPS) is 32.4. The van der Waals surface area contributed by atoms with Crippen molar-refractivity contribution in [2.45, 2.75) is 62.6 Å². The number of aryl methyl sites for hydroxylation is 1. The molecule has 2 aromatic carbocycles. The minimum atomic E-state index is -0.432. The monoisotopic (exact) mass is 376 g/mol. The Kier molecular flexibility index (Phi) is 3.89. The molecule has 0 saturated carbocycles. The first-order chi connectivity index (χ1) is 13.5. The molecule has 0 amide bonds. The van der Waals surface area contributed by atoms with Crippen LogP contribution in [0.1, 0.15) is 48.4 Å². The van der Waals surface area contributed by atoms with E-state index in [0.29, 0.717) is 6.42 Å². The molecule has 2 aliphatic carbocycles. The summed E-state index contributed by atoms with van der Waals surface area (Å²) < 4.78 is 12.2. The smallest absolute Gasteiger partial charge is 0.166 e. The van der Waals surface area contributed by atoms with Gasteiger partial charge in [0, 0.05) is 12.0 Å². The van der Waals surface area contributed by atoms with Crippen LogP contribution in [0.25, 0.3) is 0 Å². The third kappa shape index (κ3) is 2.39. The Balaban J connectivity index is 1.72. The van der Waals surface area contributed by atoms with Gasteiger partial charge >= 0.3 is 0 Å². The van der Waals surface area contributed by atoms with E-state index in [-0.39, 0.29) is 16.9 Å². The maximum absolute atomic E-state index is 10.2. The molecule has 1 heterocycles. The summed E-state index contributed by atoms with van der Waals surface area (Å²) in [6.45, 7) is 4.60. The quantitative estimate of drug-likeness (QED) is 0.795. The first-order valence-electron chi connectivity index (χ1n) is 10.3. The molecule has 0 radical (unpaired) electrons. The van der Waals surface area contributed by atoms with Crippen molar-refractivity contribution < 1.29 is 14.6 Å². The van der Waals surface area contributed by atoms with Gasteiger partial charge in [-0.25, -0.2) is 0 Å². The fourth-order valence-corrected chi connectivity index (χ4v) is 5.90. The zero-order chi connectivity index (χ0) is 19.5. The molecule has 4 atom stereocenters. The second kappa shape index (κ2) is 6.12. The summed E-state index contributed by atoms with van der Waals surface area (Å²) in [6.07, 6.45) is 7.54. The van der Waals surface area contributed by atoms with Gasteiger partial charge in [-0.2, -0.15) is 0 Å². The zero-order valence-corrected chi connectivity index (χ0v) is 16.9. The van der Waals surface area contributed by atoms with Gasteiger partial charge in [-0.15, -0.1) is 0 Å². The lowest BCUT2D eigenvalue weighted by Crippen LogP contribution is -2.47. The second-order valence-electron chi connectivity index (χ2n) is 9.01. The zero-order valence-electron chi connectivity index (χ0n) is 16.9. The molecule has 3 aliphatic rings. The highest BCUT2D eigenvalue weighted by Crippen LogP contribution is 2.61. The van der Waals surface area contributed by atoms with E-state index in [2.05, 4.69) is 56.3 Å². The average molecular weight is 376 g/mol. The number of benzene rings is 2. The molecule has 2 aromatic rings. The van der Waals surface area contributed by atoms with Gasteiger partial charge in [0.05, 0.1) is 18.6 Å². The fourth-order valence-electron chi connectivity index (χ4n) is 5.90. The first kappa shape index (κ1) is 17.8. The van der Waals surface area contributed by atoms with Gasteiger partial charge in [-0.3, -0.25) is 0 Å². The highest BCUT2D eigenvalue weighted by Gasteiger charge is 2.57. The van der Waals surface area contributed by atoms with Crippen molar-refractivity contribution in [3.8, 4) is 11.5 Å². The van der Waals surface area contributed by atoms with Crippen LogP contribution in [0.3, 0.4) is 0 Å². The molecule has 1 spiro atoms. The van der Waals surface area contributed by atoms with Crippen molar-refractivity contribution in [1.82, 2.24) is 0 Å². The number of rotatable bonds is 3. The molecule has 3 heteroatoms. The Morgan fingerprint density at radius 2 is 1.96 bits per heavy atom. The minimum Gasteiger partial charge on any atom is -0.493 e. The number of aliphatic hydroxyl groups is 1. The summed E-state index contributed by atoms with van der Waals surface area (Å²) in [4.78, 5) is 0. The third-order valence-electron chi connectivity index (χ3n) is 7.17. The number of hydrogen-bond donors (Lipinski definition) is 1. The van der Waals surface area contributed by atoms with E-state index in [1.165, 1.54) is 22.3 Å². The minimum absolute atomic E-state index is 0.0155. The van der Waals surface area contributed by atoms with Gasteiger partial charge in [0.1, 0.15) is 6.10 Å². The molecule has 0 aromatic heterocycles. The van der Waals surface area contributed by atoms with Gasteiger partial charge in [0.15, 0.2) is 11.5 Å². The molecule has 28 heavy (non-hydrogen) atoms. The van der Waals surface area contributed by atoms with E-state index in [1.807, 2.05) is 6.08 Å². The molecule has 1 aliphatic heterocycles. The van der Waals surface area contributed by atoms with Crippen LogP contribution in [-0.4, -0.2) is 24.4 Å². The van der Waals surface area contributed by atoms with Crippen molar-refractivity contribution in [3.63, 3.8) is 0 Å². The summed E-state index contributed by atoms with van der Waals surface area (Å²) in [6, 6.07) is 12.9. The number of aliphatic hydroxyl groups excluding tert-OH is 1. The maximum atomic E-state index is 10.2. The molecule has 1 N–H and O–H groups in total. The standard InChI is InChI=1S/C25H28O3/c1-16-13-19(27-3)23-22-21(16)24(2,15-17-7-5-4-6-8-17)11-12-25(22)10-9-18(26)14-20(25)28-23/h4-10,13,18,20,26H,11-12,14-15H2,1-3H3/t18-,20?,24?,25?/m1/s1. The Hall–Kier alpha value is -2.26. The van der Waals surface area contributed by atoms with Crippen LogP contribution in [-0.2, 0) is 17.3 Å². The molecule has 5 rings (SSSR count). The Labute approximate surface area is 167 Å². The average Bonchev–Trinajstić information content (AvgIpc) is 3.01. The van der Waals surface area contributed by atoms with E-state index < -0.39 is 6.10 Å². The highest BCUT2D eigenvalue weighted by atomic mass is 16.5. The predicted molar refractivity (Wildman–Crippen MR) is 110 cm³/mol. The largest absolute Gasteiger partial charge is 0.493 e. The van der Waals surface area contributed by atoms with E-state index in [1.54, 1.807) is 7.11 Å². The van der Waals surface area contributed by atoms with Crippen molar-refractivity contribution in [3.05, 3.63) is 70.8 Å². The molecule has 146 valence electrons. The first-order valence-corrected chi connectivity index (χ1v) is 10.3. The highest BCUT2D eigenvalue weighted by molar-refractivity contribution is 5.66. The number of methoxy groups -OCH3 is 1. The molecular weight excluding hydrogens is 348 g/mol. The maximum Gasteiger partial charge on any atom is 0.166 e. The third-order valence-corrected chi connectivity index (χ3v) is 7.17. The van der Waals surface area contributed by atoms with Crippen LogP contribution >= 0.6 is 0 Å². The van der Waals surface area contributed by atoms with Gasteiger partial charge < -0.3 is 14.6 Å². The summed E-state index contributed by atoms with van der Waals surface area (Å²) >= 11 is 0. The summed E-state index contributed by atoms with van der Waals surface area (Å²) in [5.41, 5.74) is 5.28.